The number of aromatic carboxylic acids is 1. The smallest absolute Gasteiger partial charge is 0.377 e. The van der Waals surface area contributed by atoms with Crippen LogP contribution in [0.15, 0.2) is 31.7 Å². The second-order valence-corrected chi connectivity index (χ2v) is 4.72. The van der Waals surface area contributed by atoms with Gasteiger partial charge in [0.2, 0.25) is 0 Å². The molecule has 5 nitrogen and oxygen atoms in total. The molecule has 1 aromatic heterocycles. The lowest BCUT2D eigenvalue weighted by Crippen LogP contribution is -1.98. The van der Waals surface area contributed by atoms with Crippen LogP contribution in [-0.4, -0.2) is 21.2 Å². The highest BCUT2D eigenvalue weighted by atomic mass is 79.9. The highest BCUT2D eigenvalue weighted by Crippen LogP contribution is 2.26. The lowest BCUT2D eigenvalue weighted by molar-refractivity contribution is 0.0680. The minimum absolute atomic E-state index is 0.166. The number of aromatic nitrogens is 2. The lowest BCUT2D eigenvalue weighted by Gasteiger charge is -1.97. The number of hydrogen-bond acceptors (Lipinski definition) is 4. The summed E-state index contributed by atoms with van der Waals surface area (Å²) in [5.41, 5.74) is 0.640. The van der Waals surface area contributed by atoms with E-state index in [1.165, 1.54) is 0 Å². The number of rotatable bonds is 2. The van der Waals surface area contributed by atoms with E-state index in [1.807, 2.05) is 6.07 Å². The van der Waals surface area contributed by atoms with Crippen LogP contribution >= 0.6 is 31.9 Å². The fourth-order valence-corrected chi connectivity index (χ4v) is 2.40. The zero-order chi connectivity index (χ0) is 11.7. The SMILES string of the molecule is O=C(O)c1noc(-c2cc(Br)cc(Br)c2)n1. The van der Waals surface area contributed by atoms with Crippen molar-refractivity contribution >= 4 is 37.8 Å². The number of nitrogens with zero attached hydrogens (tertiary/aromatic N) is 2. The van der Waals surface area contributed by atoms with Gasteiger partial charge in [0.1, 0.15) is 0 Å². The predicted octanol–water partition coefficient (Wildman–Crippen LogP) is 2.96. The van der Waals surface area contributed by atoms with Crippen molar-refractivity contribution in [2.45, 2.75) is 0 Å². The van der Waals surface area contributed by atoms with Gasteiger partial charge in [0, 0.05) is 14.5 Å². The molecule has 2 rings (SSSR count). The number of carbonyl (C=O) groups is 1. The van der Waals surface area contributed by atoms with Crippen molar-refractivity contribution in [3.8, 4) is 11.5 Å². The largest absolute Gasteiger partial charge is 0.475 e. The topological polar surface area (TPSA) is 76.2 Å². The minimum Gasteiger partial charge on any atom is -0.475 e. The van der Waals surface area contributed by atoms with Crippen LogP contribution in [-0.2, 0) is 0 Å². The van der Waals surface area contributed by atoms with Crippen LogP contribution in [0.2, 0.25) is 0 Å². The summed E-state index contributed by atoms with van der Waals surface area (Å²) in [6, 6.07) is 5.35. The Morgan fingerprint density at radius 2 is 1.88 bits per heavy atom. The van der Waals surface area contributed by atoms with Crippen molar-refractivity contribution in [3.63, 3.8) is 0 Å². The summed E-state index contributed by atoms with van der Waals surface area (Å²) in [6.07, 6.45) is 0. The van der Waals surface area contributed by atoms with Gasteiger partial charge in [-0.1, -0.05) is 31.9 Å². The van der Waals surface area contributed by atoms with E-state index in [1.54, 1.807) is 12.1 Å². The van der Waals surface area contributed by atoms with Gasteiger partial charge in [-0.3, -0.25) is 0 Å². The molecule has 82 valence electrons. The molecule has 0 bridgehead atoms. The molecule has 0 radical (unpaired) electrons. The number of benzene rings is 1. The van der Waals surface area contributed by atoms with Gasteiger partial charge in [-0.2, -0.15) is 4.98 Å². The van der Waals surface area contributed by atoms with E-state index in [9.17, 15) is 4.79 Å². The second-order valence-electron chi connectivity index (χ2n) is 2.89. The standard InChI is InChI=1S/C9H4Br2N2O3/c10-5-1-4(2-6(11)3-5)8-12-7(9(14)15)13-16-8/h1-3H,(H,14,15). The first-order chi connectivity index (χ1) is 7.56. The van der Waals surface area contributed by atoms with Gasteiger partial charge in [0.25, 0.3) is 11.7 Å². The average molecular weight is 348 g/mol. The molecular weight excluding hydrogens is 344 g/mol. The lowest BCUT2D eigenvalue weighted by atomic mass is 10.2. The molecule has 0 aliphatic heterocycles. The van der Waals surface area contributed by atoms with Crippen molar-refractivity contribution in [3.05, 3.63) is 33.0 Å². The van der Waals surface area contributed by atoms with Gasteiger partial charge in [-0.25, -0.2) is 4.79 Å². The molecule has 1 aromatic carbocycles. The molecule has 2 aromatic rings. The van der Waals surface area contributed by atoms with Gasteiger partial charge in [0.15, 0.2) is 0 Å². The number of carboxylic acids is 1. The normalized spacial score (nSPS) is 10.4. The van der Waals surface area contributed by atoms with Gasteiger partial charge in [0.05, 0.1) is 0 Å². The Morgan fingerprint density at radius 3 is 2.38 bits per heavy atom. The molecule has 0 atom stereocenters. The number of hydrogen-bond donors (Lipinski definition) is 1. The molecule has 0 aliphatic carbocycles. The Bertz CT molecular complexity index is 533. The number of carboxylic acid groups (broad SMARTS) is 1. The molecule has 1 N–H and O–H groups in total. The maximum absolute atomic E-state index is 10.6. The summed E-state index contributed by atoms with van der Waals surface area (Å²) in [7, 11) is 0. The average Bonchev–Trinajstić information content (AvgIpc) is 2.64. The van der Waals surface area contributed by atoms with Crippen molar-refractivity contribution in [2.75, 3.05) is 0 Å². The predicted molar refractivity (Wildman–Crippen MR) is 62.1 cm³/mol. The molecule has 0 unspecified atom stereocenters. The molecule has 0 saturated carbocycles. The Morgan fingerprint density at radius 1 is 1.25 bits per heavy atom. The Hall–Kier alpha value is -1.21. The maximum atomic E-state index is 10.6. The van der Waals surface area contributed by atoms with Crippen LogP contribution in [0.1, 0.15) is 10.6 Å². The molecule has 16 heavy (non-hydrogen) atoms. The van der Waals surface area contributed by atoms with Gasteiger partial charge in [-0.15, -0.1) is 0 Å². The van der Waals surface area contributed by atoms with Crippen molar-refractivity contribution in [1.29, 1.82) is 0 Å². The van der Waals surface area contributed by atoms with E-state index >= 15 is 0 Å². The third-order valence-electron chi connectivity index (χ3n) is 1.73. The molecule has 0 fully saturated rings. The van der Waals surface area contributed by atoms with E-state index in [0.29, 0.717) is 5.56 Å². The first-order valence-corrected chi connectivity index (χ1v) is 5.68. The van der Waals surface area contributed by atoms with Crippen LogP contribution < -0.4 is 0 Å². The van der Waals surface area contributed by atoms with Gasteiger partial charge in [-0.05, 0) is 23.4 Å². The van der Waals surface area contributed by atoms with Crippen LogP contribution in [0, 0.1) is 0 Å². The quantitative estimate of drug-likeness (QED) is 0.903. The Labute approximate surface area is 107 Å². The van der Waals surface area contributed by atoms with Crippen LogP contribution in [0.3, 0.4) is 0 Å². The van der Waals surface area contributed by atoms with E-state index < -0.39 is 5.97 Å². The first-order valence-electron chi connectivity index (χ1n) is 4.10. The highest BCUT2D eigenvalue weighted by molar-refractivity contribution is 9.11. The highest BCUT2D eigenvalue weighted by Gasteiger charge is 2.14. The van der Waals surface area contributed by atoms with Crippen molar-refractivity contribution in [2.24, 2.45) is 0 Å². The fraction of sp³-hybridized carbons (Fsp3) is 0. The third-order valence-corrected chi connectivity index (χ3v) is 2.64. The third kappa shape index (κ3) is 2.30. The summed E-state index contributed by atoms with van der Waals surface area (Å²) in [4.78, 5) is 14.3. The summed E-state index contributed by atoms with van der Waals surface area (Å²) in [5.74, 6) is -1.41. The molecule has 0 saturated heterocycles. The van der Waals surface area contributed by atoms with Crippen LogP contribution in [0.4, 0.5) is 0 Å². The van der Waals surface area contributed by atoms with Gasteiger partial charge >= 0.3 is 5.97 Å². The maximum Gasteiger partial charge on any atom is 0.377 e. The molecule has 0 amide bonds. The Balaban J connectivity index is 2.46. The van der Waals surface area contributed by atoms with E-state index in [2.05, 4.69) is 42.0 Å². The summed E-state index contributed by atoms with van der Waals surface area (Å²) < 4.78 is 6.49. The monoisotopic (exact) mass is 346 g/mol. The van der Waals surface area contributed by atoms with E-state index in [-0.39, 0.29) is 11.7 Å². The van der Waals surface area contributed by atoms with Crippen LogP contribution in [0.25, 0.3) is 11.5 Å². The molecule has 7 heteroatoms. The Kier molecular flexibility index (Phi) is 3.06. The van der Waals surface area contributed by atoms with E-state index in [0.717, 1.165) is 8.95 Å². The molecule has 0 spiro atoms. The summed E-state index contributed by atoms with van der Waals surface area (Å²) in [5, 5.41) is 12.0. The summed E-state index contributed by atoms with van der Waals surface area (Å²) in [6.45, 7) is 0. The van der Waals surface area contributed by atoms with Gasteiger partial charge < -0.3 is 9.63 Å². The zero-order valence-electron chi connectivity index (χ0n) is 7.65. The van der Waals surface area contributed by atoms with Crippen molar-refractivity contribution in [1.82, 2.24) is 10.1 Å². The number of halogens is 2. The molecule has 0 aliphatic rings. The first kappa shape index (κ1) is 11.3. The van der Waals surface area contributed by atoms with Crippen molar-refractivity contribution < 1.29 is 14.4 Å². The summed E-state index contributed by atoms with van der Waals surface area (Å²) >= 11 is 6.62. The molecule has 1 heterocycles. The minimum atomic E-state index is -1.22. The van der Waals surface area contributed by atoms with E-state index in [4.69, 9.17) is 9.63 Å². The fourth-order valence-electron chi connectivity index (χ4n) is 1.10. The van der Waals surface area contributed by atoms with Crippen LogP contribution in [0.5, 0.6) is 0 Å². The molecular formula is C9H4Br2N2O3. The zero-order valence-corrected chi connectivity index (χ0v) is 10.8. The second kappa shape index (κ2) is 4.34.